The number of aliphatic hydroxyl groups is 1. The van der Waals surface area contributed by atoms with Gasteiger partial charge in [-0.15, -0.1) is 0 Å². The van der Waals surface area contributed by atoms with E-state index in [9.17, 15) is 20.4 Å². The highest BCUT2D eigenvalue weighted by Gasteiger charge is 2.32. The van der Waals surface area contributed by atoms with Gasteiger partial charge in [-0.3, -0.25) is 10.3 Å². The lowest BCUT2D eigenvalue weighted by Crippen LogP contribution is -2.43. The highest BCUT2D eigenvalue weighted by Crippen LogP contribution is 2.40. The molecule has 2 N–H and O–H groups in total. The minimum absolute atomic E-state index is 0.254. The maximum atomic E-state index is 13.0. The molecule has 1 aliphatic heterocycles. The second-order valence-corrected chi connectivity index (χ2v) is 10.9. The Hall–Kier alpha value is -3.79. The van der Waals surface area contributed by atoms with E-state index >= 15 is 0 Å². The summed E-state index contributed by atoms with van der Waals surface area (Å²) < 4.78 is 0. The molecule has 0 atom stereocenters. The maximum Gasteiger partial charge on any atom is 0.323 e. The van der Waals surface area contributed by atoms with Gasteiger partial charge in [-0.05, 0) is 70.4 Å². The highest BCUT2D eigenvalue weighted by atomic mass is 32.1. The first-order chi connectivity index (χ1) is 17.0. The van der Waals surface area contributed by atoms with Gasteiger partial charge >= 0.3 is 6.03 Å². The molecule has 8 nitrogen and oxygen atoms in total. The van der Waals surface area contributed by atoms with Crippen LogP contribution in [0.3, 0.4) is 0 Å². The van der Waals surface area contributed by atoms with Crippen molar-refractivity contribution >= 4 is 22.5 Å². The Morgan fingerprint density at radius 2 is 1.89 bits per heavy atom. The van der Waals surface area contributed by atoms with Crippen LogP contribution in [0.2, 0.25) is 0 Å². The molecule has 2 aromatic heterocycles. The normalized spacial score (nSPS) is 15.1. The summed E-state index contributed by atoms with van der Waals surface area (Å²) in [4.78, 5) is 24.8. The fourth-order valence-electron chi connectivity index (χ4n) is 4.10. The monoisotopic (exact) mass is 500 g/mol. The number of amides is 2. The first-order valence-electron chi connectivity index (χ1n) is 11.7. The second-order valence-electron chi connectivity index (χ2n) is 9.92. The van der Waals surface area contributed by atoms with E-state index in [1.165, 1.54) is 11.3 Å². The van der Waals surface area contributed by atoms with E-state index < -0.39 is 11.0 Å². The van der Waals surface area contributed by atoms with E-state index in [-0.39, 0.29) is 6.03 Å². The number of nitrogens with zero attached hydrogens (tertiary/aromatic N) is 5. The number of anilines is 1. The third-order valence-electron chi connectivity index (χ3n) is 6.37. The van der Waals surface area contributed by atoms with Crippen molar-refractivity contribution in [3.8, 4) is 33.8 Å². The van der Waals surface area contributed by atoms with E-state index in [0.717, 1.165) is 21.7 Å². The van der Waals surface area contributed by atoms with Crippen LogP contribution in [0.15, 0.2) is 36.4 Å². The van der Waals surface area contributed by atoms with Crippen molar-refractivity contribution in [2.45, 2.75) is 46.1 Å². The predicted molar refractivity (Wildman–Crippen MR) is 139 cm³/mol. The van der Waals surface area contributed by atoms with Crippen molar-refractivity contribution in [1.82, 2.24) is 14.9 Å². The number of aromatic nitrogens is 2. The van der Waals surface area contributed by atoms with E-state index in [1.54, 1.807) is 36.9 Å². The lowest BCUT2D eigenvalue weighted by atomic mass is 9.82. The van der Waals surface area contributed by atoms with Gasteiger partial charge in [0, 0.05) is 24.3 Å². The van der Waals surface area contributed by atoms with Crippen LogP contribution in [0, 0.1) is 35.0 Å². The molecule has 0 saturated carbocycles. The number of thiazole rings is 1. The Kier molecular flexibility index (Phi) is 6.81. The van der Waals surface area contributed by atoms with Crippen LogP contribution in [0.5, 0.6) is 0 Å². The van der Waals surface area contributed by atoms with Crippen LogP contribution < -0.4 is 5.32 Å². The summed E-state index contributed by atoms with van der Waals surface area (Å²) in [6.07, 6.45) is 1.25. The Bertz CT molecular complexity index is 1380. The van der Waals surface area contributed by atoms with Gasteiger partial charge in [0.25, 0.3) is 0 Å². The number of hydrogen-bond donors (Lipinski definition) is 2. The van der Waals surface area contributed by atoms with E-state index in [1.807, 2.05) is 32.0 Å². The molecule has 1 fully saturated rings. The molecule has 3 heterocycles. The Balaban J connectivity index is 1.72. The molecule has 0 radical (unpaired) electrons. The van der Waals surface area contributed by atoms with Gasteiger partial charge in [-0.25, -0.2) is 9.78 Å². The fourth-order valence-corrected chi connectivity index (χ4v) is 5.06. The van der Waals surface area contributed by atoms with Crippen LogP contribution in [-0.4, -0.2) is 39.1 Å². The molecule has 0 bridgehead atoms. The zero-order valence-corrected chi connectivity index (χ0v) is 21.6. The molecule has 2 amide bonds. The molecule has 0 spiro atoms. The molecule has 184 valence electrons. The zero-order chi connectivity index (χ0) is 26.1. The van der Waals surface area contributed by atoms with Gasteiger partial charge in [0.2, 0.25) is 0 Å². The summed E-state index contributed by atoms with van der Waals surface area (Å²) in [6.45, 7) is 8.17. The van der Waals surface area contributed by atoms with Crippen molar-refractivity contribution in [3.63, 3.8) is 0 Å². The number of likely N-dealkylation sites (tertiary alicyclic amines) is 1. The SMILES string of the molecule is Cc1cc(-c2sc(NC(=O)N3CCC(C)(C#N)CC3)nc2-c2cccc(C#N)c2)cc(C(C)(C)O)n1. The van der Waals surface area contributed by atoms with Gasteiger partial charge in [0.15, 0.2) is 5.13 Å². The predicted octanol–water partition coefficient (Wildman–Crippen LogP) is 5.44. The smallest absolute Gasteiger partial charge is 0.323 e. The van der Waals surface area contributed by atoms with Gasteiger partial charge in [-0.2, -0.15) is 10.5 Å². The summed E-state index contributed by atoms with van der Waals surface area (Å²) >= 11 is 1.33. The first kappa shape index (κ1) is 25.3. The maximum absolute atomic E-state index is 13.0. The number of nitriles is 2. The van der Waals surface area contributed by atoms with E-state index in [4.69, 9.17) is 4.98 Å². The summed E-state index contributed by atoms with van der Waals surface area (Å²) in [5.41, 5.74) is 2.46. The van der Waals surface area contributed by atoms with Gasteiger partial charge in [-0.1, -0.05) is 23.5 Å². The lowest BCUT2D eigenvalue weighted by molar-refractivity contribution is 0.0737. The van der Waals surface area contributed by atoms with Crippen molar-refractivity contribution < 1.29 is 9.90 Å². The molecule has 0 unspecified atom stereocenters. The minimum atomic E-state index is -1.13. The lowest BCUT2D eigenvalue weighted by Gasteiger charge is -2.34. The molecule has 36 heavy (non-hydrogen) atoms. The number of pyridine rings is 1. The summed E-state index contributed by atoms with van der Waals surface area (Å²) in [6, 6.07) is 15.2. The standard InChI is InChI=1S/C27H28N6O2S/c1-17-12-20(14-21(30-17)26(2,3)35)23-22(19-7-5-6-18(13-19)15-28)31-24(36-23)32-25(34)33-10-8-27(4,16-29)9-11-33/h5-7,12-14,35H,8-11H2,1-4H3,(H,31,32,34). The number of hydrogen-bond acceptors (Lipinski definition) is 7. The Morgan fingerprint density at radius 3 is 2.53 bits per heavy atom. The molecule has 3 aromatic rings. The van der Waals surface area contributed by atoms with Gasteiger partial charge in [0.05, 0.1) is 39.4 Å². The number of carbonyl (C=O) groups is 1. The van der Waals surface area contributed by atoms with Crippen LogP contribution in [-0.2, 0) is 5.60 Å². The van der Waals surface area contributed by atoms with Crippen LogP contribution in [0.4, 0.5) is 9.93 Å². The van der Waals surface area contributed by atoms with Gasteiger partial charge < -0.3 is 10.0 Å². The van der Waals surface area contributed by atoms with Gasteiger partial charge in [0.1, 0.15) is 5.60 Å². The largest absolute Gasteiger partial charge is 0.384 e. The molecule has 9 heteroatoms. The summed E-state index contributed by atoms with van der Waals surface area (Å²) in [5.74, 6) is 0. The minimum Gasteiger partial charge on any atom is -0.384 e. The van der Waals surface area contributed by atoms with E-state index in [2.05, 4.69) is 22.4 Å². The number of piperidine rings is 1. The molecular weight excluding hydrogens is 472 g/mol. The van der Waals surface area contributed by atoms with Crippen LogP contribution in [0.25, 0.3) is 21.7 Å². The number of nitrogens with one attached hydrogen (secondary N) is 1. The molecule has 0 aliphatic carbocycles. The molecule has 1 aliphatic rings. The van der Waals surface area contributed by atoms with Crippen LogP contribution >= 0.6 is 11.3 Å². The molecule has 1 saturated heterocycles. The van der Waals surface area contributed by atoms with Crippen molar-refractivity contribution in [3.05, 3.63) is 53.3 Å². The third kappa shape index (κ3) is 5.38. The Labute approximate surface area is 214 Å². The summed E-state index contributed by atoms with van der Waals surface area (Å²) in [7, 11) is 0. The average Bonchev–Trinajstić information content (AvgIpc) is 3.27. The molecule has 1 aromatic carbocycles. The number of rotatable bonds is 4. The first-order valence-corrected chi connectivity index (χ1v) is 12.5. The van der Waals surface area contributed by atoms with Crippen molar-refractivity contribution in [2.24, 2.45) is 5.41 Å². The number of urea groups is 1. The second kappa shape index (κ2) is 9.69. The summed E-state index contributed by atoms with van der Waals surface area (Å²) in [5, 5.41) is 32.7. The number of aryl methyl sites for hydroxylation is 1. The zero-order valence-electron chi connectivity index (χ0n) is 20.8. The number of benzene rings is 1. The quantitative estimate of drug-likeness (QED) is 0.491. The fraction of sp³-hybridized carbons (Fsp3) is 0.370. The third-order valence-corrected chi connectivity index (χ3v) is 7.39. The average molecular weight is 501 g/mol. The van der Waals surface area contributed by atoms with Crippen molar-refractivity contribution in [2.75, 3.05) is 18.4 Å². The Morgan fingerprint density at radius 1 is 1.17 bits per heavy atom. The van der Waals surface area contributed by atoms with Crippen molar-refractivity contribution in [1.29, 1.82) is 10.5 Å². The molecular formula is C27H28N6O2S. The topological polar surface area (TPSA) is 126 Å². The highest BCUT2D eigenvalue weighted by molar-refractivity contribution is 7.19. The number of carbonyl (C=O) groups excluding carboxylic acids is 1. The van der Waals surface area contributed by atoms with E-state index in [0.29, 0.717) is 48.0 Å². The van der Waals surface area contributed by atoms with Crippen LogP contribution in [0.1, 0.15) is 50.6 Å². The molecule has 4 rings (SSSR count).